The highest BCUT2D eigenvalue weighted by atomic mass is 35.5. The second-order valence-corrected chi connectivity index (χ2v) is 7.72. The molecule has 0 saturated carbocycles. The Morgan fingerprint density at radius 1 is 1.35 bits per heavy atom. The first kappa shape index (κ1) is 19.0. The lowest BCUT2D eigenvalue weighted by atomic mass is 10.1. The van der Waals surface area contributed by atoms with Gasteiger partial charge in [0.1, 0.15) is 0 Å². The third kappa shape index (κ3) is 3.80. The molecule has 1 saturated heterocycles. The fourth-order valence-corrected chi connectivity index (χ4v) is 4.44. The summed E-state index contributed by atoms with van der Waals surface area (Å²) < 4.78 is 1.88. The molecule has 2 N–H and O–H groups in total. The number of aromatic nitrogens is 4. The molecule has 26 heavy (non-hydrogen) atoms. The Labute approximate surface area is 165 Å². The largest absolute Gasteiger partial charge is 0.317 e. The van der Waals surface area contributed by atoms with Gasteiger partial charge in [0, 0.05) is 5.38 Å². The van der Waals surface area contributed by atoms with Gasteiger partial charge in [-0.05, 0) is 44.3 Å². The van der Waals surface area contributed by atoms with Gasteiger partial charge in [0.05, 0.1) is 22.3 Å². The van der Waals surface area contributed by atoms with Gasteiger partial charge in [-0.2, -0.15) is 0 Å². The maximum absolute atomic E-state index is 12.6. The van der Waals surface area contributed by atoms with E-state index in [-0.39, 0.29) is 18.3 Å². The molecule has 1 aliphatic rings. The van der Waals surface area contributed by atoms with Gasteiger partial charge in [0.25, 0.3) is 5.91 Å². The fraction of sp³-hybridized carbons (Fsp3) is 0.375. The van der Waals surface area contributed by atoms with Crippen LogP contribution in [0.25, 0.3) is 10.6 Å². The van der Waals surface area contributed by atoms with Gasteiger partial charge in [0.15, 0.2) is 10.8 Å². The van der Waals surface area contributed by atoms with Gasteiger partial charge in [-0.3, -0.25) is 10.1 Å². The summed E-state index contributed by atoms with van der Waals surface area (Å²) in [5, 5.41) is 19.0. The maximum Gasteiger partial charge on any atom is 0.279 e. The van der Waals surface area contributed by atoms with Crippen LogP contribution in [0.2, 0.25) is 0 Å². The van der Waals surface area contributed by atoms with Gasteiger partial charge >= 0.3 is 0 Å². The van der Waals surface area contributed by atoms with E-state index in [1.807, 2.05) is 34.5 Å². The summed E-state index contributed by atoms with van der Waals surface area (Å²) in [6, 6.07) is 4.31. The number of nitrogens with zero attached hydrogens (tertiary/aromatic N) is 4. The molecule has 0 atom stereocenters. The molecular formula is C16H19ClN6OS2. The van der Waals surface area contributed by atoms with E-state index in [1.165, 1.54) is 11.3 Å². The van der Waals surface area contributed by atoms with E-state index in [2.05, 4.69) is 25.9 Å². The van der Waals surface area contributed by atoms with Crippen molar-refractivity contribution in [3.8, 4) is 10.6 Å². The normalized spacial score (nSPS) is 14.8. The van der Waals surface area contributed by atoms with Crippen molar-refractivity contribution in [1.82, 2.24) is 25.3 Å². The van der Waals surface area contributed by atoms with E-state index in [4.69, 9.17) is 0 Å². The molecule has 0 spiro atoms. The molecule has 138 valence electrons. The smallest absolute Gasteiger partial charge is 0.279 e. The third-order valence-electron chi connectivity index (χ3n) is 4.30. The summed E-state index contributed by atoms with van der Waals surface area (Å²) in [6.07, 6.45) is 2.00. The first-order valence-corrected chi connectivity index (χ1v) is 9.91. The van der Waals surface area contributed by atoms with Crippen LogP contribution < -0.4 is 10.6 Å². The monoisotopic (exact) mass is 410 g/mol. The van der Waals surface area contributed by atoms with Crippen molar-refractivity contribution in [1.29, 1.82) is 0 Å². The molecule has 4 rings (SSSR count). The second kappa shape index (κ2) is 8.26. The minimum atomic E-state index is -0.259. The average Bonchev–Trinajstić information content (AvgIpc) is 3.35. The topological polar surface area (TPSA) is 84.7 Å². The summed E-state index contributed by atoms with van der Waals surface area (Å²) in [5.74, 6) is -0.259. The Hall–Kier alpha value is -1.81. The molecule has 0 unspecified atom stereocenters. The van der Waals surface area contributed by atoms with Gasteiger partial charge in [-0.25, -0.2) is 9.67 Å². The van der Waals surface area contributed by atoms with Gasteiger partial charge in [0.2, 0.25) is 0 Å². The summed E-state index contributed by atoms with van der Waals surface area (Å²) in [7, 11) is 0. The minimum absolute atomic E-state index is 0. The van der Waals surface area contributed by atoms with E-state index >= 15 is 0 Å². The van der Waals surface area contributed by atoms with Crippen molar-refractivity contribution in [2.24, 2.45) is 0 Å². The number of carbonyl (C=O) groups is 1. The molecule has 1 amide bonds. The lowest BCUT2D eigenvalue weighted by molar-refractivity contribution is 0.102. The predicted molar refractivity (Wildman–Crippen MR) is 107 cm³/mol. The number of anilines is 1. The van der Waals surface area contributed by atoms with E-state index < -0.39 is 0 Å². The second-order valence-electron chi connectivity index (χ2n) is 5.92. The Morgan fingerprint density at radius 2 is 2.15 bits per heavy atom. The van der Waals surface area contributed by atoms with Crippen molar-refractivity contribution in [2.45, 2.75) is 25.8 Å². The number of thiazole rings is 1. The van der Waals surface area contributed by atoms with Crippen LogP contribution in [0, 0.1) is 6.92 Å². The lowest BCUT2D eigenvalue weighted by Gasteiger charge is -2.23. The van der Waals surface area contributed by atoms with Crippen molar-refractivity contribution in [3.63, 3.8) is 0 Å². The van der Waals surface area contributed by atoms with Crippen molar-refractivity contribution < 1.29 is 4.79 Å². The SMILES string of the molecule is Cc1c(C(=O)Nc2nc(-c3cccs3)cs2)nnn1C1CCNCC1.Cl. The first-order chi connectivity index (χ1) is 12.2. The zero-order chi connectivity index (χ0) is 17.2. The van der Waals surface area contributed by atoms with Crippen LogP contribution >= 0.6 is 35.1 Å². The molecular weight excluding hydrogens is 392 g/mol. The molecule has 0 bridgehead atoms. The Kier molecular flexibility index (Phi) is 6.02. The number of carbonyl (C=O) groups excluding carboxylic acids is 1. The number of hydrogen-bond donors (Lipinski definition) is 2. The van der Waals surface area contributed by atoms with Crippen LogP contribution in [0.4, 0.5) is 5.13 Å². The molecule has 0 radical (unpaired) electrons. The Balaban J connectivity index is 0.00000196. The molecule has 3 aromatic heterocycles. The Morgan fingerprint density at radius 3 is 2.88 bits per heavy atom. The third-order valence-corrected chi connectivity index (χ3v) is 5.95. The minimum Gasteiger partial charge on any atom is -0.317 e. The fourth-order valence-electron chi connectivity index (χ4n) is 2.97. The highest BCUT2D eigenvalue weighted by Crippen LogP contribution is 2.28. The van der Waals surface area contributed by atoms with E-state index in [0.29, 0.717) is 16.9 Å². The van der Waals surface area contributed by atoms with Crippen LogP contribution in [0.5, 0.6) is 0 Å². The standard InChI is InChI=1S/C16H18N6OS2.ClH/c1-10-14(20-21-22(10)11-4-6-17-7-5-11)15(23)19-16-18-12(9-25-16)13-3-2-8-24-13;/h2-3,8-9,11,17H,4-7H2,1H3,(H,18,19,23);1H. The molecule has 1 aliphatic heterocycles. The van der Waals surface area contributed by atoms with E-state index in [0.717, 1.165) is 42.2 Å². The molecule has 0 aliphatic carbocycles. The highest BCUT2D eigenvalue weighted by molar-refractivity contribution is 7.16. The van der Waals surface area contributed by atoms with Crippen LogP contribution in [0.15, 0.2) is 22.9 Å². The molecule has 7 nitrogen and oxygen atoms in total. The predicted octanol–water partition coefficient (Wildman–Crippen LogP) is 3.37. The van der Waals surface area contributed by atoms with E-state index in [9.17, 15) is 4.79 Å². The Bertz CT molecular complexity index is 869. The number of thiophene rings is 1. The lowest BCUT2D eigenvalue weighted by Crippen LogP contribution is -2.30. The van der Waals surface area contributed by atoms with Crippen molar-refractivity contribution in [3.05, 3.63) is 34.3 Å². The van der Waals surface area contributed by atoms with Gasteiger partial charge < -0.3 is 5.32 Å². The van der Waals surface area contributed by atoms with E-state index in [1.54, 1.807) is 11.3 Å². The van der Waals surface area contributed by atoms with Gasteiger partial charge in [-0.15, -0.1) is 40.2 Å². The number of piperidine rings is 1. The summed E-state index contributed by atoms with van der Waals surface area (Å²) >= 11 is 3.04. The number of amides is 1. The molecule has 1 fully saturated rings. The number of halogens is 1. The molecule has 0 aromatic carbocycles. The molecule has 3 aromatic rings. The zero-order valence-electron chi connectivity index (χ0n) is 14.1. The van der Waals surface area contributed by atoms with Crippen molar-refractivity contribution >= 4 is 46.1 Å². The first-order valence-electron chi connectivity index (χ1n) is 8.15. The number of nitrogens with one attached hydrogen (secondary N) is 2. The average molecular weight is 411 g/mol. The zero-order valence-corrected chi connectivity index (χ0v) is 16.6. The summed E-state index contributed by atoms with van der Waals surface area (Å²) in [6.45, 7) is 3.84. The van der Waals surface area contributed by atoms with Crippen LogP contribution in [-0.2, 0) is 0 Å². The molecule has 10 heteroatoms. The molecule has 4 heterocycles. The maximum atomic E-state index is 12.6. The summed E-state index contributed by atoms with van der Waals surface area (Å²) in [5.41, 5.74) is 2.05. The number of rotatable bonds is 4. The van der Waals surface area contributed by atoms with Crippen LogP contribution in [0.1, 0.15) is 35.1 Å². The van der Waals surface area contributed by atoms with Gasteiger partial charge in [-0.1, -0.05) is 11.3 Å². The van der Waals surface area contributed by atoms with Crippen LogP contribution in [-0.4, -0.2) is 39.0 Å². The summed E-state index contributed by atoms with van der Waals surface area (Å²) in [4.78, 5) is 18.1. The van der Waals surface area contributed by atoms with Crippen molar-refractivity contribution in [2.75, 3.05) is 18.4 Å². The quantitative estimate of drug-likeness (QED) is 0.688. The highest BCUT2D eigenvalue weighted by Gasteiger charge is 2.23. The number of hydrogen-bond acceptors (Lipinski definition) is 7. The van der Waals surface area contributed by atoms with Crippen LogP contribution in [0.3, 0.4) is 0 Å².